The molecule has 0 fully saturated rings. The molecule has 1 aromatic carbocycles. The number of nitrogens with one attached hydrogen (secondary N) is 1. The van der Waals surface area contributed by atoms with Gasteiger partial charge in [0.15, 0.2) is 0 Å². The molecule has 0 bridgehead atoms. The number of carbonyl (C=O) groups is 1. The molecule has 3 heteroatoms. The zero-order valence-electron chi connectivity index (χ0n) is 12.3. The van der Waals surface area contributed by atoms with Gasteiger partial charge in [0.1, 0.15) is 0 Å². The first kappa shape index (κ1) is 16.2. The molecule has 0 aliphatic rings. The van der Waals surface area contributed by atoms with Crippen LogP contribution >= 0.6 is 0 Å². The molecule has 1 aromatic rings. The van der Waals surface area contributed by atoms with Gasteiger partial charge in [0.2, 0.25) is 0 Å². The minimum atomic E-state index is -0.349. The van der Waals surface area contributed by atoms with Gasteiger partial charge >= 0.3 is 5.97 Å². The Morgan fingerprint density at radius 1 is 1.40 bits per heavy atom. The van der Waals surface area contributed by atoms with E-state index < -0.39 is 0 Å². The van der Waals surface area contributed by atoms with Crippen molar-refractivity contribution in [2.24, 2.45) is 5.92 Å². The van der Waals surface area contributed by atoms with Gasteiger partial charge in [-0.3, -0.25) is 0 Å². The van der Waals surface area contributed by atoms with Gasteiger partial charge in [0.25, 0.3) is 0 Å². The van der Waals surface area contributed by atoms with Crippen LogP contribution in [0.4, 0.5) is 0 Å². The molecule has 0 aliphatic heterocycles. The van der Waals surface area contributed by atoms with E-state index in [1.54, 1.807) is 6.92 Å². The molecular formula is C17H23NO2. The average molecular weight is 273 g/mol. The van der Waals surface area contributed by atoms with Gasteiger partial charge in [-0.05, 0) is 18.4 Å². The molecule has 2 atom stereocenters. The molecule has 108 valence electrons. The lowest BCUT2D eigenvalue weighted by Gasteiger charge is -2.23. The summed E-state index contributed by atoms with van der Waals surface area (Å²) in [7, 11) is 0. The Morgan fingerprint density at radius 3 is 2.60 bits per heavy atom. The molecule has 0 unspecified atom stereocenters. The lowest BCUT2D eigenvalue weighted by atomic mass is 9.94. The summed E-state index contributed by atoms with van der Waals surface area (Å²) in [6.07, 6.45) is 1.90. The normalized spacial score (nSPS) is 13.3. The summed E-state index contributed by atoms with van der Waals surface area (Å²) >= 11 is 0. The van der Waals surface area contributed by atoms with Gasteiger partial charge in [-0.1, -0.05) is 49.9 Å². The Bertz CT molecular complexity index is 453. The van der Waals surface area contributed by atoms with Crippen LogP contribution in [0.25, 0.3) is 0 Å². The highest BCUT2D eigenvalue weighted by atomic mass is 16.5. The topological polar surface area (TPSA) is 38.3 Å². The van der Waals surface area contributed by atoms with Crippen LogP contribution in [-0.2, 0) is 9.53 Å². The van der Waals surface area contributed by atoms with Crippen LogP contribution in [0.2, 0.25) is 0 Å². The van der Waals surface area contributed by atoms with Crippen molar-refractivity contribution in [3.8, 4) is 0 Å². The van der Waals surface area contributed by atoms with E-state index in [0.29, 0.717) is 18.7 Å². The van der Waals surface area contributed by atoms with Crippen molar-refractivity contribution in [1.82, 2.24) is 5.32 Å². The highest BCUT2D eigenvalue weighted by Gasteiger charge is 2.17. The Hall–Kier alpha value is -1.87. The summed E-state index contributed by atoms with van der Waals surface area (Å²) in [6.45, 7) is 12.2. The molecule has 0 spiro atoms. The second-order valence-electron chi connectivity index (χ2n) is 4.69. The Morgan fingerprint density at radius 2 is 2.05 bits per heavy atom. The SMILES string of the molecule is C=C[C@@H](C)[C@H](NCC(=C)C(=O)OCC)c1ccccc1. The van der Waals surface area contributed by atoms with Crippen molar-refractivity contribution in [2.75, 3.05) is 13.2 Å². The van der Waals surface area contributed by atoms with Crippen LogP contribution in [-0.4, -0.2) is 19.1 Å². The van der Waals surface area contributed by atoms with Crippen molar-refractivity contribution in [3.63, 3.8) is 0 Å². The zero-order chi connectivity index (χ0) is 15.0. The van der Waals surface area contributed by atoms with Crippen molar-refractivity contribution in [3.05, 3.63) is 60.7 Å². The van der Waals surface area contributed by atoms with E-state index in [0.717, 1.165) is 5.56 Å². The molecule has 0 saturated heterocycles. The largest absolute Gasteiger partial charge is 0.463 e. The predicted octanol–water partition coefficient (Wildman–Crippen LogP) is 3.26. The third-order valence-electron chi connectivity index (χ3n) is 3.16. The van der Waals surface area contributed by atoms with Gasteiger partial charge < -0.3 is 10.1 Å². The second kappa shape index (κ2) is 8.33. The molecule has 0 aliphatic carbocycles. The smallest absolute Gasteiger partial charge is 0.334 e. The molecule has 3 nitrogen and oxygen atoms in total. The highest BCUT2D eigenvalue weighted by molar-refractivity contribution is 5.88. The maximum Gasteiger partial charge on any atom is 0.334 e. The summed E-state index contributed by atoms with van der Waals surface area (Å²) < 4.78 is 4.93. The fourth-order valence-electron chi connectivity index (χ4n) is 1.94. The molecule has 0 amide bonds. The van der Waals surface area contributed by atoms with E-state index in [1.807, 2.05) is 24.3 Å². The lowest BCUT2D eigenvalue weighted by Crippen LogP contribution is -2.29. The van der Waals surface area contributed by atoms with Gasteiger partial charge in [-0.25, -0.2) is 4.79 Å². The first-order valence-corrected chi connectivity index (χ1v) is 6.85. The maximum atomic E-state index is 11.5. The number of hydrogen-bond donors (Lipinski definition) is 1. The summed E-state index contributed by atoms with van der Waals surface area (Å²) in [5, 5.41) is 3.35. The van der Waals surface area contributed by atoms with E-state index in [2.05, 4.69) is 37.5 Å². The monoisotopic (exact) mass is 273 g/mol. The van der Waals surface area contributed by atoms with Crippen LogP contribution in [0.1, 0.15) is 25.5 Å². The van der Waals surface area contributed by atoms with E-state index in [9.17, 15) is 4.79 Å². The van der Waals surface area contributed by atoms with Crippen LogP contribution in [0.5, 0.6) is 0 Å². The minimum Gasteiger partial charge on any atom is -0.463 e. The third-order valence-corrected chi connectivity index (χ3v) is 3.16. The fourth-order valence-corrected chi connectivity index (χ4v) is 1.94. The number of hydrogen-bond acceptors (Lipinski definition) is 3. The van der Waals surface area contributed by atoms with Gasteiger partial charge in [-0.2, -0.15) is 0 Å². The number of benzene rings is 1. The molecule has 20 heavy (non-hydrogen) atoms. The molecule has 0 heterocycles. The van der Waals surface area contributed by atoms with Crippen molar-refractivity contribution in [2.45, 2.75) is 19.9 Å². The Balaban J connectivity index is 2.70. The van der Waals surface area contributed by atoms with Gasteiger partial charge in [0.05, 0.1) is 6.61 Å². The minimum absolute atomic E-state index is 0.0971. The third kappa shape index (κ3) is 4.67. The average Bonchev–Trinajstić information content (AvgIpc) is 2.48. The van der Waals surface area contributed by atoms with E-state index >= 15 is 0 Å². The fraction of sp³-hybridized carbons (Fsp3) is 0.353. The molecule has 1 rings (SSSR count). The highest BCUT2D eigenvalue weighted by Crippen LogP contribution is 2.22. The van der Waals surface area contributed by atoms with Crippen LogP contribution in [0.15, 0.2) is 55.1 Å². The number of rotatable bonds is 8. The van der Waals surface area contributed by atoms with E-state index in [-0.39, 0.29) is 17.9 Å². The number of carbonyl (C=O) groups excluding carboxylic acids is 1. The second-order valence-corrected chi connectivity index (χ2v) is 4.69. The number of esters is 1. The van der Waals surface area contributed by atoms with E-state index in [4.69, 9.17) is 4.74 Å². The Kier molecular flexibility index (Phi) is 6.74. The first-order chi connectivity index (χ1) is 9.60. The lowest BCUT2D eigenvalue weighted by molar-refractivity contribution is -0.138. The molecule has 1 N–H and O–H groups in total. The molecule has 0 saturated carbocycles. The summed E-state index contributed by atoms with van der Waals surface area (Å²) in [6, 6.07) is 10.2. The molecular weight excluding hydrogens is 250 g/mol. The summed E-state index contributed by atoms with van der Waals surface area (Å²) in [5.41, 5.74) is 1.60. The van der Waals surface area contributed by atoms with Crippen LogP contribution in [0.3, 0.4) is 0 Å². The summed E-state index contributed by atoms with van der Waals surface area (Å²) in [5.74, 6) is -0.106. The van der Waals surface area contributed by atoms with Gasteiger partial charge in [0, 0.05) is 18.2 Å². The zero-order valence-corrected chi connectivity index (χ0v) is 12.3. The van der Waals surface area contributed by atoms with Crippen molar-refractivity contribution >= 4 is 5.97 Å². The summed E-state index contributed by atoms with van der Waals surface area (Å²) in [4.78, 5) is 11.5. The van der Waals surface area contributed by atoms with Gasteiger partial charge in [-0.15, -0.1) is 6.58 Å². The predicted molar refractivity (Wildman–Crippen MR) is 82.3 cm³/mol. The van der Waals surface area contributed by atoms with Crippen molar-refractivity contribution in [1.29, 1.82) is 0 Å². The molecule has 0 radical (unpaired) electrons. The standard InChI is InChI=1S/C17H23NO2/c1-5-13(3)16(15-10-8-7-9-11-15)18-12-14(4)17(19)20-6-2/h5,7-11,13,16,18H,1,4,6,12H2,2-3H3/t13-,16+/m1/s1. The maximum absolute atomic E-state index is 11.5. The van der Waals surface area contributed by atoms with Crippen LogP contribution < -0.4 is 5.32 Å². The molecule has 0 aromatic heterocycles. The van der Waals surface area contributed by atoms with E-state index in [1.165, 1.54) is 0 Å². The quantitative estimate of drug-likeness (QED) is 0.449. The van der Waals surface area contributed by atoms with Crippen LogP contribution in [0, 0.1) is 5.92 Å². The number of ether oxygens (including phenoxy) is 1. The Labute approximate surface area is 121 Å². The van der Waals surface area contributed by atoms with Crippen molar-refractivity contribution < 1.29 is 9.53 Å². The first-order valence-electron chi connectivity index (χ1n) is 6.85.